The molecule has 0 bridgehead atoms. The highest BCUT2D eigenvalue weighted by molar-refractivity contribution is 5.81. The van der Waals surface area contributed by atoms with E-state index in [0.29, 0.717) is 19.7 Å². The summed E-state index contributed by atoms with van der Waals surface area (Å²) in [7, 11) is 0. The van der Waals surface area contributed by atoms with E-state index in [4.69, 9.17) is 9.84 Å². The summed E-state index contributed by atoms with van der Waals surface area (Å²) < 4.78 is 5.26. The van der Waals surface area contributed by atoms with Crippen LogP contribution in [0.15, 0.2) is 0 Å². The Kier molecular flexibility index (Phi) is 5.21. The lowest BCUT2D eigenvalue weighted by atomic mass is 10.1. The number of carboxylic acids is 1. The van der Waals surface area contributed by atoms with Crippen molar-refractivity contribution in [2.75, 3.05) is 26.2 Å². The fourth-order valence-electron chi connectivity index (χ4n) is 1.49. The number of carbonyl (C=O) groups is 2. The molecule has 1 amide bonds. The third kappa shape index (κ3) is 4.59. The molecule has 3 N–H and O–H groups in total. The molecule has 0 aromatic carbocycles. The molecule has 0 aliphatic carbocycles. The Morgan fingerprint density at radius 2 is 2.38 bits per heavy atom. The number of ether oxygens (including phenoxy) is 1. The van der Waals surface area contributed by atoms with Crippen LogP contribution < -0.4 is 10.6 Å². The van der Waals surface area contributed by atoms with Gasteiger partial charge in [-0.3, -0.25) is 9.59 Å². The predicted molar refractivity (Wildman–Crippen MR) is 57.0 cm³/mol. The summed E-state index contributed by atoms with van der Waals surface area (Å²) in [4.78, 5) is 22.0. The third-order valence-corrected chi connectivity index (χ3v) is 2.37. The highest BCUT2D eigenvalue weighted by Gasteiger charge is 2.21. The number of carbonyl (C=O) groups excluding carboxylic acids is 1. The third-order valence-electron chi connectivity index (χ3n) is 2.37. The van der Waals surface area contributed by atoms with E-state index in [1.54, 1.807) is 6.92 Å². The lowest BCUT2D eigenvalue weighted by Gasteiger charge is -2.23. The average molecular weight is 230 g/mol. The van der Waals surface area contributed by atoms with Gasteiger partial charge in [0.1, 0.15) is 6.10 Å². The molecule has 1 aliphatic rings. The van der Waals surface area contributed by atoms with E-state index in [2.05, 4.69) is 10.6 Å². The standard InChI is InChI=1S/C10H18N2O4/c1-7(4-9(13)14)5-12-10(15)8-6-11-2-3-16-8/h7-8,11H,2-6H2,1H3,(H,12,15)(H,13,14). The van der Waals surface area contributed by atoms with Crippen molar-refractivity contribution in [3.63, 3.8) is 0 Å². The zero-order chi connectivity index (χ0) is 12.0. The first-order chi connectivity index (χ1) is 7.59. The maximum absolute atomic E-state index is 11.6. The van der Waals surface area contributed by atoms with Gasteiger partial charge in [0.2, 0.25) is 5.91 Å². The number of carboxylic acid groups (broad SMARTS) is 1. The highest BCUT2D eigenvalue weighted by atomic mass is 16.5. The number of amides is 1. The molecule has 6 heteroatoms. The van der Waals surface area contributed by atoms with Gasteiger partial charge >= 0.3 is 5.97 Å². The second-order valence-corrected chi connectivity index (χ2v) is 4.01. The van der Waals surface area contributed by atoms with Crippen molar-refractivity contribution in [1.29, 1.82) is 0 Å². The zero-order valence-electron chi connectivity index (χ0n) is 9.36. The van der Waals surface area contributed by atoms with Gasteiger partial charge in [-0.2, -0.15) is 0 Å². The molecule has 0 spiro atoms. The molecule has 0 saturated carbocycles. The van der Waals surface area contributed by atoms with Crippen molar-refractivity contribution in [3.8, 4) is 0 Å². The molecule has 1 aliphatic heterocycles. The van der Waals surface area contributed by atoms with E-state index in [1.807, 2.05) is 0 Å². The minimum atomic E-state index is -0.850. The SMILES string of the molecule is CC(CNC(=O)C1CNCCO1)CC(=O)O. The van der Waals surface area contributed by atoms with Gasteiger partial charge in [-0.15, -0.1) is 0 Å². The second-order valence-electron chi connectivity index (χ2n) is 4.01. The van der Waals surface area contributed by atoms with Crippen molar-refractivity contribution >= 4 is 11.9 Å². The minimum Gasteiger partial charge on any atom is -0.481 e. The maximum atomic E-state index is 11.6. The van der Waals surface area contributed by atoms with Gasteiger partial charge in [0, 0.05) is 26.1 Å². The summed E-state index contributed by atoms with van der Waals surface area (Å²) in [6.45, 7) is 3.96. The summed E-state index contributed by atoms with van der Waals surface area (Å²) >= 11 is 0. The zero-order valence-corrected chi connectivity index (χ0v) is 9.36. The van der Waals surface area contributed by atoms with E-state index < -0.39 is 12.1 Å². The van der Waals surface area contributed by atoms with Crippen molar-refractivity contribution in [3.05, 3.63) is 0 Å². The molecule has 16 heavy (non-hydrogen) atoms. The number of hydrogen-bond acceptors (Lipinski definition) is 4. The van der Waals surface area contributed by atoms with Crippen LogP contribution in [-0.4, -0.2) is 49.3 Å². The van der Waals surface area contributed by atoms with Crippen LogP contribution in [0.3, 0.4) is 0 Å². The Hall–Kier alpha value is -1.14. The van der Waals surface area contributed by atoms with Crippen LogP contribution in [0.5, 0.6) is 0 Å². The average Bonchev–Trinajstić information content (AvgIpc) is 2.26. The van der Waals surface area contributed by atoms with E-state index in [9.17, 15) is 9.59 Å². The smallest absolute Gasteiger partial charge is 0.303 e. The van der Waals surface area contributed by atoms with Crippen LogP contribution in [0.1, 0.15) is 13.3 Å². The maximum Gasteiger partial charge on any atom is 0.303 e. The molecule has 1 rings (SSSR count). The van der Waals surface area contributed by atoms with Crippen molar-refractivity contribution in [2.24, 2.45) is 5.92 Å². The molecule has 2 unspecified atom stereocenters. The molecule has 0 aromatic rings. The summed E-state index contributed by atoms with van der Waals surface area (Å²) in [5, 5.41) is 14.3. The fraction of sp³-hybridized carbons (Fsp3) is 0.800. The van der Waals surface area contributed by atoms with Crippen LogP contribution in [0.2, 0.25) is 0 Å². The molecule has 1 saturated heterocycles. The number of rotatable bonds is 5. The lowest BCUT2D eigenvalue weighted by molar-refractivity contribution is -0.139. The molecular formula is C10H18N2O4. The Balaban J connectivity index is 2.20. The second kappa shape index (κ2) is 6.44. The summed E-state index contributed by atoms with van der Waals surface area (Å²) in [6, 6.07) is 0. The number of aliphatic carboxylic acids is 1. The molecule has 1 heterocycles. The van der Waals surface area contributed by atoms with Crippen LogP contribution in [-0.2, 0) is 14.3 Å². The first-order valence-electron chi connectivity index (χ1n) is 5.41. The van der Waals surface area contributed by atoms with Gasteiger partial charge in [0.15, 0.2) is 0 Å². The monoisotopic (exact) mass is 230 g/mol. The van der Waals surface area contributed by atoms with E-state index in [0.717, 1.165) is 6.54 Å². The molecule has 1 fully saturated rings. The Morgan fingerprint density at radius 3 is 2.94 bits per heavy atom. The first-order valence-corrected chi connectivity index (χ1v) is 5.41. The summed E-state index contributed by atoms with van der Waals surface area (Å²) in [6.07, 6.45) is -0.393. The quantitative estimate of drug-likeness (QED) is 0.575. The van der Waals surface area contributed by atoms with Gasteiger partial charge in [0.25, 0.3) is 0 Å². The lowest BCUT2D eigenvalue weighted by Crippen LogP contribution is -2.48. The largest absolute Gasteiger partial charge is 0.481 e. The first kappa shape index (κ1) is 12.9. The van der Waals surface area contributed by atoms with Crippen LogP contribution >= 0.6 is 0 Å². The van der Waals surface area contributed by atoms with Crippen LogP contribution in [0, 0.1) is 5.92 Å². The van der Waals surface area contributed by atoms with Gasteiger partial charge in [-0.05, 0) is 5.92 Å². The molecular weight excluding hydrogens is 212 g/mol. The Morgan fingerprint density at radius 1 is 1.62 bits per heavy atom. The van der Waals surface area contributed by atoms with Crippen molar-refractivity contribution < 1.29 is 19.4 Å². The van der Waals surface area contributed by atoms with Crippen LogP contribution in [0.4, 0.5) is 0 Å². The Labute approximate surface area is 94.3 Å². The molecule has 0 aromatic heterocycles. The topological polar surface area (TPSA) is 87.7 Å². The van der Waals surface area contributed by atoms with Crippen molar-refractivity contribution in [1.82, 2.24) is 10.6 Å². The predicted octanol–water partition coefficient (Wildman–Crippen LogP) is -0.798. The number of hydrogen-bond donors (Lipinski definition) is 3. The molecule has 2 atom stereocenters. The normalized spacial score (nSPS) is 22.4. The highest BCUT2D eigenvalue weighted by Crippen LogP contribution is 2.01. The van der Waals surface area contributed by atoms with Gasteiger partial charge < -0.3 is 20.5 Å². The van der Waals surface area contributed by atoms with Crippen molar-refractivity contribution in [2.45, 2.75) is 19.4 Å². The molecule has 92 valence electrons. The van der Waals surface area contributed by atoms with Gasteiger partial charge in [0.05, 0.1) is 6.61 Å². The van der Waals surface area contributed by atoms with Gasteiger partial charge in [-0.25, -0.2) is 0 Å². The van der Waals surface area contributed by atoms with E-state index >= 15 is 0 Å². The summed E-state index contributed by atoms with van der Waals surface area (Å²) in [5.74, 6) is -1.10. The van der Waals surface area contributed by atoms with Gasteiger partial charge in [-0.1, -0.05) is 6.92 Å². The fourth-order valence-corrected chi connectivity index (χ4v) is 1.49. The molecule has 6 nitrogen and oxygen atoms in total. The van der Waals surface area contributed by atoms with E-state index in [1.165, 1.54) is 0 Å². The number of nitrogens with one attached hydrogen (secondary N) is 2. The summed E-state index contributed by atoms with van der Waals surface area (Å²) in [5.41, 5.74) is 0. The Bertz CT molecular complexity index is 251. The number of morpholine rings is 1. The van der Waals surface area contributed by atoms with Crippen LogP contribution in [0.25, 0.3) is 0 Å². The van der Waals surface area contributed by atoms with E-state index in [-0.39, 0.29) is 18.2 Å². The minimum absolute atomic E-state index is 0.0596. The molecule has 0 radical (unpaired) electrons.